The van der Waals surface area contributed by atoms with Crippen LogP contribution in [-0.4, -0.2) is 33.1 Å². The number of nitrogens with one attached hydrogen (secondary N) is 1. The topological polar surface area (TPSA) is 107 Å². The van der Waals surface area contributed by atoms with E-state index in [4.69, 9.17) is 0 Å². The maximum atomic E-state index is 13.0. The van der Waals surface area contributed by atoms with Crippen LogP contribution in [0, 0.1) is 0 Å². The number of hydrogen-bond acceptors (Lipinski definition) is 6. The number of carbonyl (C=O) groups is 3. The Kier molecular flexibility index (Phi) is 4.71. The maximum absolute atomic E-state index is 13.0. The van der Waals surface area contributed by atoms with Crippen LogP contribution < -0.4 is 4.72 Å². The summed E-state index contributed by atoms with van der Waals surface area (Å²) in [6.07, 6.45) is 0. The third kappa shape index (κ3) is 3.17. The molecule has 4 rings (SSSR count). The summed E-state index contributed by atoms with van der Waals surface area (Å²) < 4.78 is 33.1. The van der Waals surface area contributed by atoms with Gasteiger partial charge in [-0.15, -0.1) is 0 Å². The fourth-order valence-electron chi connectivity index (χ4n) is 3.34. The van der Waals surface area contributed by atoms with Crippen molar-refractivity contribution in [3.05, 3.63) is 94.5 Å². The molecule has 0 spiro atoms. The van der Waals surface area contributed by atoms with Crippen molar-refractivity contribution in [1.29, 1.82) is 0 Å². The summed E-state index contributed by atoms with van der Waals surface area (Å²) in [5, 5.41) is 0. The molecule has 3 aromatic rings. The number of ether oxygens (including phenoxy) is 1. The summed E-state index contributed by atoms with van der Waals surface area (Å²) in [6, 6.07) is 16.1. The van der Waals surface area contributed by atoms with E-state index in [0.717, 1.165) is 0 Å². The van der Waals surface area contributed by atoms with Gasteiger partial charge in [0.15, 0.2) is 11.6 Å². The summed E-state index contributed by atoms with van der Waals surface area (Å²) in [5.74, 6) is -1.48. The predicted molar refractivity (Wildman–Crippen MR) is 108 cm³/mol. The zero-order valence-corrected chi connectivity index (χ0v) is 16.5. The molecule has 0 aliphatic heterocycles. The lowest BCUT2D eigenvalue weighted by Gasteiger charge is -2.20. The van der Waals surface area contributed by atoms with Crippen LogP contribution in [0.3, 0.4) is 0 Å². The largest absolute Gasteiger partial charge is 0.465 e. The highest BCUT2D eigenvalue weighted by Crippen LogP contribution is 2.32. The molecule has 30 heavy (non-hydrogen) atoms. The molecule has 0 atom stereocenters. The number of anilines is 1. The predicted octanol–water partition coefficient (Wildman–Crippen LogP) is 3.05. The van der Waals surface area contributed by atoms with Gasteiger partial charge in [0, 0.05) is 22.4 Å². The van der Waals surface area contributed by atoms with Crippen LogP contribution in [0.2, 0.25) is 0 Å². The summed E-state index contributed by atoms with van der Waals surface area (Å²) in [5.41, 5.74) is 0.753. The Morgan fingerprint density at radius 1 is 0.800 bits per heavy atom. The number of ketones is 2. The van der Waals surface area contributed by atoms with Crippen LogP contribution in [0.5, 0.6) is 0 Å². The van der Waals surface area contributed by atoms with Crippen LogP contribution in [0.4, 0.5) is 5.69 Å². The van der Waals surface area contributed by atoms with Gasteiger partial charge in [0.05, 0.1) is 23.1 Å². The first kappa shape index (κ1) is 19.5. The fourth-order valence-corrected chi connectivity index (χ4v) is 4.63. The summed E-state index contributed by atoms with van der Waals surface area (Å²) >= 11 is 0. The minimum absolute atomic E-state index is 0.0441. The number of fused-ring (bicyclic) bond motifs is 2. The Hall–Kier alpha value is -3.78. The number of sulfonamides is 1. The number of methoxy groups -OCH3 is 1. The van der Waals surface area contributed by atoms with E-state index in [9.17, 15) is 22.8 Å². The van der Waals surface area contributed by atoms with Gasteiger partial charge in [-0.3, -0.25) is 14.3 Å². The first-order chi connectivity index (χ1) is 14.3. The van der Waals surface area contributed by atoms with Gasteiger partial charge in [-0.05, 0) is 30.3 Å². The fraction of sp³-hybridized carbons (Fsp3) is 0.0455. The van der Waals surface area contributed by atoms with Crippen molar-refractivity contribution in [2.45, 2.75) is 4.90 Å². The zero-order valence-electron chi connectivity index (χ0n) is 15.7. The lowest BCUT2D eigenvalue weighted by atomic mass is 9.84. The van der Waals surface area contributed by atoms with Crippen molar-refractivity contribution in [2.75, 3.05) is 11.8 Å². The molecule has 0 fully saturated rings. The standard InChI is InChI=1S/C22H15NO6S/c1-29-22(26)13-9-11-14(12-10-13)23-30(27,28)18-8-4-7-17-19(18)21(25)16-6-3-2-5-15(16)20(17)24/h2-12,23H,1H3. The third-order valence-electron chi connectivity index (χ3n) is 4.76. The van der Waals surface area contributed by atoms with E-state index >= 15 is 0 Å². The third-order valence-corrected chi connectivity index (χ3v) is 6.19. The van der Waals surface area contributed by atoms with Crippen LogP contribution in [0.1, 0.15) is 42.2 Å². The average Bonchev–Trinajstić information content (AvgIpc) is 2.76. The molecule has 0 saturated carbocycles. The molecule has 0 aromatic heterocycles. The molecule has 0 unspecified atom stereocenters. The monoisotopic (exact) mass is 421 g/mol. The molecule has 0 amide bonds. The first-order valence-corrected chi connectivity index (χ1v) is 10.3. The molecule has 8 heteroatoms. The van der Waals surface area contributed by atoms with Gasteiger partial charge in [0.2, 0.25) is 0 Å². The van der Waals surface area contributed by atoms with E-state index in [1.807, 2.05) is 0 Å². The first-order valence-electron chi connectivity index (χ1n) is 8.86. The van der Waals surface area contributed by atoms with E-state index in [0.29, 0.717) is 0 Å². The van der Waals surface area contributed by atoms with Crippen molar-refractivity contribution in [3.63, 3.8) is 0 Å². The van der Waals surface area contributed by atoms with Gasteiger partial charge < -0.3 is 4.74 Å². The van der Waals surface area contributed by atoms with Gasteiger partial charge in [0.25, 0.3) is 10.0 Å². The molecule has 0 saturated heterocycles. The van der Waals surface area contributed by atoms with Gasteiger partial charge in [-0.1, -0.05) is 36.4 Å². The minimum atomic E-state index is -4.19. The molecule has 1 aliphatic carbocycles. The normalized spacial score (nSPS) is 12.7. The lowest BCUT2D eigenvalue weighted by Crippen LogP contribution is -2.25. The van der Waals surface area contributed by atoms with Crippen LogP contribution in [-0.2, 0) is 14.8 Å². The van der Waals surface area contributed by atoms with E-state index < -0.39 is 27.6 Å². The molecular weight excluding hydrogens is 406 g/mol. The molecule has 150 valence electrons. The van der Waals surface area contributed by atoms with Crippen molar-refractivity contribution in [2.24, 2.45) is 0 Å². The van der Waals surface area contributed by atoms with Crippen LogP contribution in [0.25, 0.3) is 0 Å². The number of hydrogen-bond donors (Lipinski definition) is 1. The molecule has 7 nitrogen and oxygen atoms in total. The molecule has 0 radical (unpaired) electrons. The second kappa shape index (κ2) is 7.23. The Labute approximate surface area is 172 Å². The summed E-state index contributed by atoms with van der Waals surface area (Å²) in [7, 11) is -2.95. The quantitative estimate of drug-likeness (QED) is 0.508. The highest BCUT2D eigenvalue weighted by atomic mass is 32.2. The molecule has 0 heterocycles. The van der Waals surface area contributed by atoms with E-state index in [2.05, 4.69) is 9.46 Å². The van der Waals surface area contributed by atoms with Gasteiger partial charge in [0.1, 0.15) is 0 Å². The lowest BCUT2D eigenvalue weighted by molar-refractivity contribution is 0.0600. The molecule has 3 aromatic carbocycles. The van der Waals surface area contributed by atoms with Gasteiger partial charge in [-0.25, -0.2) is 13.2 Å². The Morgan fingerprint density at radius 3 is 2.03 bits per heavy atom. The van der Waals surface area contributed by atoms with Crippen molar-refractivity contribution < 1.29 is 27.5 Å². The molecular formula is C22H15NO6S. The van der Waals surface area contributed by atoms with E-state index in [1.165, 1.54) is 55.6 Å². The number of benzene rings is 3. The SMILES string of the molecule is COC(=O)c1ccc(NS(=O)(=O)c2cccc3c2C(=O)c2ccccc2C3=O)cc1. The van der Waals surface area contributed by atoms with Crippen molar-refractivity contribution in [1.82, 2.24) is 0 Å². The Balaban J connectivity index is 1.75. The van der Waals surface area contributed by atoms with E-state index in [1.54, 1.807) is 18.2 Å². The smallest absolute Gasteiger partial charge is 0.337 e. The minimum Gasteiger partial charge on any atom is -0.465 e. The van der Waals surface area contributed by atoms with Crippen molar-refractivity contribution in [3.8, 4) is 0 Å². The highest BCUT2D eigenvalue weighted by molar-refractivity contribution is 7.92. The second-order valence-corrected chi connectivity index (χ2v) is 8.21. The van der Waals surface area contributed by atoms with Gasteiger partial charge in [-0.2, -0.15) is 0 Å². The highest BCUT2D eigenvalue weighted by Gasteiger charge is 2.34. The Bertz CT molecular complexity index is 1310. The second-order valence-electron chi connectivity index (χ2n) is 6.56. The molecule has 1 aliphatic rings. The van der Waals surface area contributed by atoms with E-state index in [-0.39, 0.29) is 38.4 Å². The van der Waals surface area contributed by atoms with Gasteiger partial charge >= 0.3 is 5.97 Å². The van der Waals surface area contributed by atoms with Crippen LogP contribution in [0.15, 0.2) is 71.6 Å². The van der Waals surface area contributed by atoms with Crippen molar-refractivity contribution >= 4 is 33.2 Å². The molecule has 0 bridgehead atoms. The average molecular weight is 421 g/mol. The number of esters is 1. The zero-order chi connectivity index (χ0) is 21.5. The van der Waals surface area contributed by atoms with Crippen LogP contribution >= 0.6 is 0 Å². The maximum Gasteiger partial charge on any atom is 0.337 e. The number of rotatable bonds is 4. The summed E-state index contributed by atoms with van der Waals surface area (Å²) in [6.45, 7) is 0. The Morgan fingerprint density at radius 2 is 1.40 bits per heavy atom. The number of carbonyl (C=O) groups excluding carboxylic acids is 3. The molecule has 1 N–H and O–H groups in total. The summed E-state index contributed by atoms with van der Waals surface area (Å²) in [4.78, 5) is 37.1.